The maximum Gasteiger partial charge on any atom is 0.167 e. The fourth-order valence-corrected chi connectivity index (χ4v) is 1.80. The summed E-state index contributed by atoms with van der Waals surface area (Å²) in [6.07, 6.45) is 0. The van der Waals surface area contributed by atoms with Crippen LogP contribution in [0.25, 0.3) is 0 Å². The van der Waals surface area contributed by atoms with Crippen LogP contribution in [0.1, 0.15) is 5.56 Å². The predicted octanol–water partition coefficient (Wildman–Crippen LogP) is 2.91. The Hall–Kier alpha value is 0.640. The van der Waals surface area contributed by atoms with E-state index >= 15 is 0 Å². The summed E-state index contributed by atoms with van der Waals surface area (Å²) in [4.78, 5) is 0. The summed E-state index contributed by atoms with van der Waals surface area (Å²) in [5.74, 6) is 0. The summed E-state index contributed by atoms with van der Waals surface area (Å²) >= 11 is 4.64. The first kappa shape index (κ1) is 8.25. The maximum absolute atomic E-state index is 5.31. The zero-order chi connectivity index (χ0) is 7.90. The minimum Gasteiger partial charge on any atom is -0.353 e. The predicted molar refractivity (Wildman–Crippen MR) is 60.8 cm³/mol. The van der Waals surface area contributed by atoms with Gasteiger partial charge < -0.3 is 4.74 Å². The third-order valence-corrected chi connectivity index (χ3v) is 3.64. The molecule has 3 heteroatoms. The van der Waals surface area contributed by atoms with Gasteiger partial charge in [-0.25, -0.2) is 0 Å². The molecule has 0 radical (unpaired) electrons. The zero-order valence-corrected chi connectivity index (χ0v) is 10.00. The van der Waals surface area contributed by atoms with Crippen molar-refractivity contribution in [3.8, 4) is 0 Å². The molecule has 0 aromatic heterocycles. The molecule has 0 spiro atoms. The maximum atomic E-state index is 5.31. The fraction of sp³-hybridized carbons (Fsp3) is 0.250. The molecule has 0 aliphatic carbocycles. The van der Waals surface area contributed by atoms with Gasteiger partial charge >= 0.3 is 0 Å². The van der Waals surface area contributed by atoms with Crippen molar-refractivity contribution in [1.29, 1.82) is 0 Å². The lowest BCUT2D eigenvalue weighted by atomic mass is 10.2. The third kappa shape index (κ3) is 1.70. The highest BCUT2D eigenvalue weighted by atomic mass is 127. The van der Waals surface area contributed by atoms with Crippen LogP contribution in [0.2, 0.25) is 0 Å². The Labute approximate surface area is 92.8 Å². The van der Waals surface area contributed by atoms with Crippen molar-refractivity contribution in [2.75, 3.05) is 6.61 Å². The molecule has 0 N–H and O–H groups in total. The highest BCUT2D eigenvalue weighted by molar-refractivity contribution is 14.1. The number of hydrogen-bond acceptors (Lipinski definition) is 1. The molecule has 1 aromatic rings. The Morgan fingerprint density at radius 1 is 1.27 bits per heavy atom. The molecule has 58 valence electrons. The Balaban J connectivity index is 2.33. The number of rotatable bonds is 1. The van der Waals surface area contributed by atoms with Crippen molar-refractivity contribution in [1.82, 2.24) is 0 Å². The summed E-state index contributed by atoms with van der Waals surface area (Å²) in [6, 6.07) is 8.47. The van der Waals surface area contributed by atoms with Crippen molar-refractivity contribution in [3.05, 3.63) is 33.4 Å². The lowest BCUT2D eigenvalue weighted by Gasteiger charge is -2.02. The Morgan fingerprint density at radius 2 is 1.82 bits per heavy atom. The third-order valence-electron chi connectivity index (χ3n) is 1.67. The number of benzene rings is 1. The molecule has 1 aliphatic heterocycles. The van der Waals surface area contributed by atoms with Gasteiger partial charge in [-0.1, -0.05) is 12.1 Å². The summed E-state index contributed by atoms with van der Waals surface area (Å²) in [6.45, 7) is 0.855. The number of halogens is 2. The topological polar surface area (TPSA) is 12.5 Å². The second kappa shape index (κ2) is 2.85. The summed E-state index contributed by atoms with van der Waals surface area (Å²) in [5.41, 5.74) is 1.28. The lowest BCUT2D eigenvalue weighted by molar-refractivity contribution is 0.404. The van der Waals surface area contributed by atoms with Crippen LogP contribution in [0.4, 0.5) is 0 Å². The van der Waals surface area contributed by atoms with Crippen molar-refractivity contribution in [2.24, 2.45) is 0 Å². The second-order valence-corrected chi connectivity index (χ2v) is 5.51. The molecule has 1 heterocycles. The van der Waals surface area contributed by atoms with Gasteiger partial charge in [0.2, 0.25) is 0 Å². The monoisotopic (exact) mass is 372 g/mol. The van der Waals surface area contributed by atoms with Crippen LogP contribution in [0.3, 0.4) is 0 Å². The van der Waals surface area contributed by atoms with Gasteiger partial charge in [-0.15, -0.1) is 0 Å². The smallest absolute Gasteiger partial charge is 0.167 e. The Morgan fingerprint density at radius 3 is 2.27 bits per heavy atom. The van der Waals surface area contributed by atoms with Gasteiger partial charge in [0.15, 0.2) is 3.61 Å². The zero-order valence-electron chi connectivity index (χ0n) is 5.68. The molecule has 1 fully saturated rings. The minimum atomic E-state index is 0.00208. The number of epoxide rings is 1. The minimum absolute atomic E-state index is 0.00208. The first-order chi connectivity index (χ1) is 5.21. The standard InChI is InChI=1S/C8H6I2O/c9-7-3-1-6(2-4-7)8(10)5-11-8/h1-4H,5H2. The van der Waals surface area contributed by atoms with E-state index in [1.807, 2.05) is 0 Å². The molecule has 1 saturated heterocycles. The van der Waals surface area contributed by atoms with Crippen molar-refractivity contribution >= 4 is 45.2 Å². The molecule has 1 unspecified atom stereocenters. The Bertz CT molecular complexity index is 264. The van der Waals surface area contributed by atoms with Crippen LogP contribution < -0.4 is 0 Å². The first-order valence-corrected chi connectivity index (χ1v) is 5.45. The van der Waals surface area contributed by atoms with Gasteiger partial charge in [0.1, 0.15) is 0 Å². The van der Waals surface area contributed by atoms with E-state index in [4.69, 9.17) is 4.74 Å². The average molecular weight is 372 g/mol. The average Bonchev–Trinajstić information content (AvgIpc) is 2.70. The molecule has 1 aliphatic rings. The SMILES string of the molecule is Ic1ccc(C2(I)CO2)cc1. The van der Waals surface area contributed by atoms with Gasteiger partial charge in [0.05, 0.1) is 6.61 Å². The lowest BCUT2D eigenvalue weighted by Crippen LogP contribution is -1.95. The number of ether oxygens (including phenoxy) is 1. The molecular formula is C8H6I2O. The molecule has 11 heavy (non-hydrogen) atoms. The first-order valence-electron chi connectivity index (χ1n) is 3.30. The molecular weight excluding hydrogens is 366 g/mol. The van der Waals surface area contributed by atoms with Gasteiger partial charge in [-0.05, 0) is 62.9 Å². The van der Waals surface area contributed by atoms with E-state index in [1.165, 1.54) is 9.13 Å². The van der Waals surface area contributed by atoms with Crippen LogP contribution in [-0.2, 0) is 8.34 Å². The van der Waals surface area contributed by atoms with E-state index in [2.05, 4.69) is 69.4 Å². The van der Waals surface area contributed by atoms with Gasteiger partial charge in [0, 0.05) is 3.57 Å². The normalized spacial score (nSPS) is 28.5. The molecule has 1 aromatic carbocycles. The number of alkyl halides is 1. The summed E-state index contributed by atoms with van der Waals surface area (Å²) in [5, 5.41) is 0. The molecule has 0 saturated carbocycles. The van der Waals surface area contributed by atoms with E-state index < -0.39 is 0 Å². The highest BCUT2D eigenvalue weighted by Gasteiger charge is 2.43. The van der Waals surface area contributed by atoms with E-state index in [0.717, 1.165) is 6.61 Å². The van der Waals surface area contributed by atoms with E-state index in [1.54, 1.807) is 0 Å². The van der Waals surface area contributed by atoms with Gasteiger partial charge in [-0.2, -0.15) is 0 Å². The van der Waals surface area contributed by atoms with Crippen LogP contribution in [0.15, 0.2) is 24.3 Å². The van der Waals surface area contributed by atoms with Crippen molar-refractivity contribution in [2.45, 2.75) is 3.61 Å². The molecule has 2 rings (SSSR count). The molecule has 0 amide bonds. The van der Waals surface area contributed by atoms with E-state index in [9.17, 15) is 0 Å². The van der Waals surface area contributed by atoms with Gasteiger partial charge in [0.25, 0.3) is 0 Å². The van der Waals surface area contributed by atoms with Crippen molar-refractivity contribution in [3.63, 3.8) is 0 Å². The summed E-state index contributed by atoms with van der Waals surface area (Å²) < 4.78 is 6.58. The van der Waals surface area contributed by atoms with Crippen molar-refractivity contribution < 1.29 is 4.74 Å². The van der Waals surface area contributed by atoms with Crippen LogP contribution >= 0.6 is 45.2 Å². The largest absolute Gasteiger partial charge is 0.353 e. The van der Waals surface area contributed by atoms with Crippen LogP contribution in [0.5, 0.6) is 0 Å². The Kier molecular flexibility index (Phi) is 2.13. The quantitative estimate of drug-likeness (QED) is 0.420. The van der Waals surface area contributed by atoms with Crippen LogP contribution in [-0.4, -0.2) is 6.61 Å². The summed E-state index contributed by atoms with van der Waals surface area (Å²) in [7, 11) is 0. The fourth-order valence-electron chi connectivity index (χ4n) is 0.929. The molecule has 1 atom stereocenters. The molecule has 1 nitrogen and oxygen atoms in total. The highest BCUT2D eigenvalue weighted by Crippen LogP contribution is 2.45. The van der Waals surface area contributed by atoms with Gasteiger partial charge in [-0.3, -0.25) is 0 Å². The second-order valence-electron chi connectivity index (χ2n) is 2.52. The number of hydrogen-bond donors (Lipinski definition) is 0. The molecule has 0 bridgehead atoms. The van der Waals surface area contributed by atoms with E-state index in [0.29, 0.717) is 0 Å². The van der Waals surface area contributed by atoms with Crippen LogP contribution in [0, 0.1) is 3.57 Å². The van der Waals surface area contributed by atoms with E-state index in [-0.39, 0.29) is 3.61 Å².